The standard InChI is InChI=1S/C20H22N4O3S/c1-27-18-9-7-17(8-10-18)15-21-19-11-12-20(23-22-19)24-28(25,26)14-13-16-5-3-2-4-6-16/h2-12H,13-15H2,1H3,(H,21,22)(H,23,24). The Balaban J connectivity index is 1.51. The van der Waals surface area contributed by atoms with Crippen LogP contribution in [0.1, 0.15) is 11.1 Å². The van der Waals surface area contributed by atoms with Gasteiger partial charge in [0.25, 0.3) is 0 Å². The number of anilines is 2. The van der Waals surface area contributed by atoms with Gasteiger partial charge in [0.15, 0.2) is 5.82 Å². The molecule has 0 fully saturated rings. The zero-order valence-electron chi connectivity index (χ0n) is 15.5. The number of hydrogen-bond donors (Lipinski definition) is 2. The molecule has 0 aliphatic carbocycles. The minimum absolute atomic E-state index is 0.0177. The van der Waals surface area contributed by atoms with E-state index < -0.39 is 10.0 Å². The van der Waals surface area contributed by atoms with Crippen molar-refractivity contribution in [1.82, 2.24) is 10.2 Å². The van der Waals surface area contributed by atoms with Gasteiger partial charge in [-0.05, 0) is 41.8 Å². The lowest BCUT2D eigenvalue weighted by Gasteiger charge is -2.09. The molecule has 2 aromatic carbocycles. The highest BCUT2D eigenvalue weighted by Gasteiger charge is 2.12. The van der Waals surface area contributed by atoms with Crippen LogP contribution >= 0.6 is 0 Å². The normalized spacial score (nSPS) is 11.0. The van der Waals surface area contributed by atoms with Crippen molar-refractivity contribution in [3.8, 4) is 5.75 Å². The molecule has 0 amide bonds. The average Bonchev–Trinajstić information content (AvgIpc) is 2.73. The number of nitrogens with zero attached hydrogens (tertiary/aromatic N) is 2. The Morgan fingerprint density at radius 1 is 0.857 bits per heavy atom. The van der Waals surface area contributed by atoms with Gasteiger partial charge in [0.2, 0.25) is 10.0 Å². The van der Waals surface area contributed by atoms with E-state index >= 15 is 0 Å². The Labute approximate surface area is 164 Å². The van der Waals surface area contributed by atoms with Crippen molar-refractivity contribution >= 4 is 21.7 Å². The fraction of sp³-hybridized carbons (Fsp3) is 0.200. The molecule has 0 saturated carbocycles. The lowest BCUT2D eigenvalue weighted by atomic mass is 10.2. The van der Waals surface area contributed by atoms with Gasteiger partial charge >= 0.3 is 0 Å². The van der Waals surface area contributed by atoms with Crippen molar-refractivity contribution in [1.29, 1.82) is 0 Å². The maximum Gasteiger partial charge on any atom is 0.234 e. The number of sulfonamides is 1. The molecule has 1 aromatic heterocycles. The van der Waals surface area contributed by atoms with E-state index in [2.05, 4.69) is 20.2 Å². The monoisotopic (exact) mass is 398 g/mol. The van der Waals surface area contributed by atoms with Crippen LogP contribution in [0.3, 0.4) is 0 Å². The van der Waals surface area contributed by atoms with Crippen LogP contribution in [0.15, 0.2) is 66.7 Å². The summed E-state index contributed by atoms with van der Waals surface area (Å²) < 4.78 is 32.0. The highest BCUT2D eigenvalue weighted by Crippen LogP contribution is 2.13. The fourth-order valence-electron chi connectivity index (χ4n) is 2.52. The van der Waals surface area contributed by atoms with E-state index in [0.717, 1.165) is 16.9 Å². The molecule has 2 N–H and O–H groups in total. The van der Waals surface area contributed by atoms with Gasteiger partial charge in [-0.3, -0.25) is 4.72 Å². The number of hydrogen-bond acceptors (Lipinski definition) is 6. The predicted octanol–water partition coefficient (Wildman–Crippen LogP) is 3.08. The molecule has 7 nitrogen and oxygen atoms in total. The summed E-state index contributed by atoms with van der Waals surface area (Å²) in [4.78, 5) is 0. The quantitative estimate of drug-likeness (QED) is 0.575. The van der Waals surface area contributed by atoms with E-state index in [1.54, 1.807) is 19.2 Å². The van der Waals surface area contributed by atoms with Gasteiger partial charge in [0.1, 0.15) is 11.6 Å². The molecule has 0 aliphatic heterocycles. The first-order chi connectivity index (χ1) is 13.5. The predicted molar refractivity (Wildman–Crippen MR) is 110 cm³/mol. The molecule has 0 aliphatic rings. The number of methoxy groups -OCH3 is 1. The van der Waals surface area contributed by atoms with Crippen molar-refractivity contribution in [3.05, 3.63) is 77.9 Å². The van der Waals surface area contributed by atoms with Crippen molar-refractivity contribution < 1.29 is 13.2 Å². The molecule has 0 unspecified atom stereocenters. The Morgan fingerprint density at radius 2 is 1.54 bits per heavy atom. The highest BCUT2D eigenvalue weighted by molar-refractivity contribution is 7.92. The molecule has 146 valence electrons. The molecule has 0 atom stereocenters. The summed E-state index contributed by atoms with van der Waals surface area (Å²) in [6.45, 7) is 0.570. The van der Waals surface area contributed by atoms with Gasteiger partial charge in [-0.25, -0.2) is 8.42 Å². The summed E-state index contributed by atoms with van der Waals surface area (Å²) in [5.74, 6) is 1.54. The van der Waals surface area contributed by atoms with E-state index in [-0.39, 0.29) is 11.6 Å². The third-order valence-electron chi connectivity index (χ3n) is 4.06. The summed E-state index contributed by atoms with van der Waals surface area (Å²) in [5.41, 5.74) is 2.03. The summed E-state index contributed by atoms with van der Waals surface area (Å²) >= 11 is 0. The molecule has 0 spiro atoms. The first kappa shape index (κ1) is 19.6. The Hall–Kier alpha value is -3.13. The molecule has 0 radical (unpaired) electrons. The zero-order valence-corrected chi connectivity index (χ0v) is 16.3. The number of rotatable bonds is 9. The summed E-state index contributed by atoms with van der Waals surface area (Å²) in [5, 5.41) is 11.1. The topological polar surface area (TPSA) is 93.2 Å². The molecule has 28 heavy (non-hydrogen) atoms. The summed E-state index contributed by atoms with van der Waals surface area (Å²) in [6.07, 6.45) is 0.436. The first-order valence-corrected chi connectivity index (χ1v) is 10.4. The van der Waals surface area contributed by atoms with Gasteiger partial charge < -0.3 is 10.1 Å². The van der Waals surface area contributed by atoms with Gasteiger partial charge in [-0.2, -0.15) is 0 Å². The fourth-order valence-corrected chi connectivity index (χ4v) is 3.56. The smallest absolute Gasteiger partial charge is 0.234 e. The maximum atomic E-state index is 12.2. The van der Waals surface area contributed by atoms with Crippen LogP contribution < -0.4 is 14.8 Å². The van der Waals surface area contributed by atoms with Crippen LogP contribution in [0.2, 0.25) is 0 Å². The zero-order chi connectivity index (χ0) is 19.8. The molecule has 0 bridgehead atoms. The Morgan fingerprint density at radius 3 is 2.18 bits per heavy atom. The molecule has 3 rings (SSSR count). The first-order valence-electron chi connectivity index (χ1n) is 8.79. The molecule has 0 saturated heterocycles. The average molecular weight is 398 g/mol. The number of ether oxygens (including phenoxy) is 1. The van der Waals surface area contributed by atoms with Crippen molar-refractivity contribution in [2.45, 2.75) is 13.0 Å². The lowest BCUT2D eigenvalue weighted by molar-refractivity contribution is 0.414. The van der Waals surface area contributed by atoms with E-state index in [1.165, 1.54) is 0 Å². The van der Waals surface area contributed by atoms with Gasteiger partial charge in [-0.1, -0.05) is 42.5 Å². The van der Waals surface area contributed by atoms with E-state index in [0.29, 0.717) is 18.8 Å². The number of nitrogens with one attached hydrogen (secondary N) is 2. The number of aromatic nitrogens is 2. The van der Waals surface area contributed by atoms with Crippen LogP contribution in [0, 0.1) is 0 Å². The number of benzene rings is 2. The van der Waals surface area contributed by atoms with E-state index in [9.17, 15) is 8.42 Å². The van der Waals surface area contributed by atoms with E-state index in [4.69, 9.17) is 4.74 Å². The molecule has 8 heteroatoms. The number of aryl methyl sites for hydroxylation is 1. The highest BCUT2D eigenvalue weighted by atomic mass is 32.2. The van der Waals surface area contributed by atoms with Crippen molar-refractivity contribution in [2.75, 3.05) is 22.9 Å². The van der Waals surface area contributed by atoms with Crippen molar-refractivity contribution in [3.63, 3.8) is 0 Å². The van der Waals surface area contributed by atoms with E-state index in [1.807, 2.05) is 54.6 Å². The lowest BCUT2D eigenvalue weighted by Crippen LogP contribution is -2.19. The molecule has 1 heterocycles. The van der Waals surface area contributed by atoms with Crippen LogP contribution in [0.4, 0.5) is 11.6 Å². The largest absolute Gasteiger partial charge is 0.497 e. The minimum atomic E-state index is -3.49. The molecule has 3 aromatic rings. The Kier molecular flexibility index (Phi) is 6.44. The Bertz CT molecular complexity index is 976. The van der Waals surface area contributed by atoms with Crippen LogP contribution in [0.25, 0.3) is 0 Å². The molecular weight excluding hydrogens is 376 g/mol. The third-order valence-corrected chi connectivity index (χ3v) is 5.32. The SMILES string of the molecule is COc1ccc(CNc2ccc(NS(=O)(=O)CCc3ccccc3)nn2)cc1. The van der Waals surface area contributed by atoms with Crippen LogP contribution in [0.5, 0.6) is 5.75 Å². The van der Waals surface area contributed by atoms with Gasteiger partial charge in [0.05, 0.1) is 12.9 Å². The summed E-state index contributed by atoms with van der Waals surface area (Å²) in [6, 6.07) is 20.4. The molecular formula is C20H22N4O3S. The second-order valence-corrected chi connectivity index (χ2v) is 8.00. The minimum Gasteiger partial charge on any atom is -0.497 e. The maximum absolute atomic E-state index is 12.2. The second kappa shape index (κ2) is 9.18. The second-order valence-electron chi connectivity index (χ2n) is 6.16. The van der Waals surface area contributed by atoms with Crippen molar-refractivity contribution in [2.24, 2.45) is 0 Å². The van der Waals surface area contributed by atoms with Crippen LogP contribution in [-0.4, -0.2) is 31.5 Å². The van der Waals surface area contributed by atoms with Gasteiger partial charge in [-0.15, -0.1) is 10.2 Å². The van der Waals surface area contributed by atoms with Gasteiger partial charge in [0, 0.05) is 6.54 Å². The summed E-state index contributed by atoms with van der Waals surface area (Å²) in [7, 11) is -1.87. The third kappa shape index (κ3) is 5.95. The van der Waals surface area contributed by atoms with Crippen LogP contribution in [-0.2, 0) is 23.0 Å².